The molecule has 1 rings (SSSR count). The lowest BCUT2D eigenvalue weighted by atomic mass is 9.86. The zero-order chi connectivity index (χ0) is 9.90. The van der Waals surface area contributed by atoms with Gasteiger partial charge in [0.1, 0.15) is 0 Å². The minimum absolute atomic E-state index is 0.204. The number of carbonyl (C=O) groups is 1. The van der Waals surface area contributed by atoms with Crippen molar-refractivity contribution < 1.29 is 9.53 Å². The van der Waals surface area contributed by atoms with Crippen LogP contribution < -0.4 is 0 Å². The molecule has 0 bridgehead atoms. The molecule has 0 aromatic rings. The molecule has 1 aliphatic rings. The monoisotopic (exact) mass is 248 g/mol. The van der Waals surface area contributed by atoms with Crippen LogP contribution in [0.15, 0.2) is 0 Å². The lowest BCUT2D eigenvalue weighted by Crippen LogP contribution is -2.34. The molecule has 0 spiro atoms. The van der Waals surface area contributed by atoms with Crippen LogP contribution in [0.4, 0.5) is 0 Å². The quantitative estimate of drug-likeness (QED) is 0.554. The van der Waals surface area contributed by atoms with Crippen molar-refractivity contribution in [2.75, 3.05) is 0 Å². The van der Waals surface area contributed by atoms with Gasteiger partial charge in [0, 0.05) is 12.8 Å². The second kappa shape index (κ2) is 4.45. The molecule has 1 unspecified atom stereocenters. The lowest BCUT2D eigenvalue weighted by Gasteiger charge is -2.34. The molecule has 1 saturated carbocycles. The van der Waals surface area contributed by atoms with E-state index >= 15 is 0 Å². The molecule has 0 amide bonds. The average Bonchev–Trinajstić information content (AvgIpc) is 2.04. The van der Waals surface area contributed by atoms with Crippen LogP contribution in [0.1, 0.15) is 46.0 Å². The van der Waals surface area contributed by atoms with E-state index in [2.05, 4.69) is 15.9 Å². The van der Waals surface area contributed by atoms with Crippen molar-refractivity contribution in [1.29, 1.82) is 0 Å². The Morgan fingerprint density at radius 2 is 1.92 bits per heavy atom. The first-order valence-electron chi connectivity index (χ1n) is 4.91. The third kappa shape index (κ3) is 3.29. The van der Waals surface area contributed by atoms with Crippen LogP contribution in [0.25, 0.3) is 0 Å². The van der Waals surface area contributed by atoms with Gasteiger partial charge in [-0.2, -0.15) is 0 Å². The van der Waals surface area contributed by atoms with Crippen LogP contribution in [0.5, 0.6) is 0 Å². The van der Waals surface area contributed by atoms with Gasteiger partial charge in [-0.3, -0.25) is 4.79 Å². The molecule has 3 heteroatoms. The fourth-order valence-corrected chi connectivity index (χ4v) is 2.67. The molecule has 0 aromatic heterocycles. The highest BCUT2D eigenvalue weighted by Gasteiger charge is 2.35. The standard InChI is InChI=1S/C10H17BrO2/c1-8(12)13-10(2,11)9-6-4-3-5-7-9/h9H,3-7H2,1-2H3. The van der Waals surface area contributed by atoms with E-state index < -0.39 is 4.51 Å². The second-order valence-corrected chi connectivity index (χ2v) is 5.49. The summed E-state index contributed by atoms with van der Waals surface area (Å²) in [6, 6.07) is 0. The predicted octanol–water partition coefficient (Wildman–Crippen LogP) is 3.24. The highest BCUT2D eigenvalue weighted by atomic mass is 79.9. The van der Waals surface area contributed by atoms with Gasteiger partial charge >= 0.3 is 5.97 Å². The Labute approximate surface area is 88.2 Å². The summed E-state index contributed by atoms with van der Waals surface area (Å²) in [6.07, 6.45) is 6.16. The molecule has 1 atom stereocenters. The summed E-state index contributed by atoms with van der Waals surface area (Å²) in [5.41, 5.74) is 0. The molecule has 76 valence electrons. The fourth-order valence-electron chi connectivity index (χ4n) is 1.98. The fraction of sp³-hybridized carbons (Fsp3) is 0.900. The molecule has 0 saturated heterocycles. The Hall–Kier alpha value is -0.0500. The van der Waals surface area contributed by atoms with Crippen LogP contribution in [-0.2, 0) is 9.53 Å². The first-order chi connectivity index (χ1) is 6.02. The van der Waals surface area contributed by atoms with E-state index in [4.69, 9.17) is 4.74 Å². The summed E-state index contributed by atoms with van der Waals surface area (Å²) >= 11 is 3.50. The number of halogens is 1. The third-order valence-corrected chi connectivity index (χ3v) is 3.49. The molecule has 2 nitrogen and oxygen atoms in total. The van der Waals surface area contributed by atoms with Gasteiger partial charge in [-0.25, -0.2) is 0 Å². The predicted molar refractivity (Wildman–Crippen MR) is 55.7 cm³/mol. The van der Waals surface area contributed by atoms with Crippen molar-refractivity contribution in [2.45, 2.75) is 50.5 Å². The smallest absolute Gasteiger partial charge is 0.304 e. The van der Waals surface area contributed by atoms with Crippen molar-refractivity contribution >= 4 is 21.9 Å². The van der Waals surface area contributed by atoms with Gasteiger partial charge < -0.3 is 4.74 Å². The van der Waals surface area contributed by atoms with Gasteiger partial charge in [0.05, 0.1) is 0 Å². The van der Waals surface area contributed by atoms with Crippen molar-refractivity contribution in [3.63, 3.8) is 0 Å². The Kier molecular flexibility index (Phi) is 3.77. The van der Waals surface area contributed by atoms with Gasteiger partial charge in [0.2, 0.25) is 0 Å². The van der Waals surface area contributed by atoms with Gasteiger partial charge in [-0.1, -0.05) is 19.3 Å². The number of hydrogen-bond donors (Lipinski definition) is 0. The Bertz CT molecular complexity index is 183. The van der Waals surface area contributed by atoms with E-state index in [1.165, 1.54) is 26.2 Å². The maximum absolute atomic E-state index is 10.8. The number of esters is 1. The van der Waals surface area contributed by atoms with Gasteiger partial charge in [0.25, 0.3) is 0 Å². The van der Waals surface area contributed by atoms with Crippen molar-refractivity contribution in [3.05, 3.63) is 0 Å². The number of alkyl halides is 1. The minimum Gasteiger partial charge on any atom is -0.448 e. The molecule has 1 fully saturated rings. The van der Waals surface area contributed by atoms with E-state index in [0.717, 1.165) is 12.8 Å². The van der Waals surface area contributed by atoms with Crippen LogP contribution in [0, 0.1) is 5.92 Å². The number of ether oxygens (including phenoxy) is 1. The van der Waals surface area contributed by atoms with Gasteiger partial charge in [0.15, 0.2) is 4.51 Å². The van der Waals surface area contributed by atoms with Crippen molar-refractivity contribution in [1.82, 2.24) is 0 Å². The number of carbonyl (C=O) groups excluding carboxylic acids is 1. The molecular formula is C10H17BrO2. The Morgan fingerprint density at radius 3 is 2.38 bits per heavy atom. The summed E-state index contributed by atoms with van der Waals surface area (Å²) in [6.45, 7) is 3.41. The van der Waals surface area contributed by atoms with E-state index in [1.807, 2.05) is 6.92 Å². The normalized spacial score (nSPS) is 23.6. The summed E-state index contributed by atoms with van der Waals surface area (Å²) in [5.74, 6) is 0.273. The highest BCUT2D eigenvalue weighted by molar-refractivity contribution is 9.10. The minimum atomic E-state index is -0.445. The van der Waals surface area contributed by atoms with Gasteiger partial charge in [-0.15, -0.1) is 0 Å². The zero-order valence-corrected chi connectivity index (χ0v) is 9.89. The number of hydrogen-bond acceptors (Lipinski definition) is 2. The van der Waals surface area contributed by atoms with Crippen molar-refractivity contribution in [2.24, 2.45) is 5.92 Å². The van der Waals surface area contributed by atoms with E-state index in [0.29, 0.717) is 5.92 Å². The van der Waals surface area contributed by atoms with Crippen LogP contribution >= 0.6 is 15.9 Å². The van der Waals surface area contributed by atoms with E-state index in [1.54, 1.807) is 0 Å². The largest absolute Gasteiger partial charge is 0.448 e. The number of rotatable bonds is 2. The summed E-state index contributed by atoms with van der Waals surface area (Å²) in [4.78, 5) is 10.8. The molecule has 1 aliphatic carbocycles. The third-order valence-electron chi connectivity index (χ3n) is 2.68. The molecule has 0 N–H and O–H groups in total. The van der Waals surface area contributed by atoms with Gasteiger partial charge in [-0.05, 0) is 35.7 Å². The van der Waals surface area contributed by atoms with Crippen molar-refractivity contribution in [3.8, 4) is 0 Å². The topological polar surface area (TPSA) is 26.3 Å². The first kappa shape index (κ1) is 11.0. The zero-order valence-electron chi connectivity index (χ0n) is 8.31. The summed E-state index contributed by atoms with van der Waals surface area (Å²) in [5, 5.41) is 0. The molecule has 0 aromatic carbocycles. The maximum Gasteiger partial charge on any atom is 0.304 e. The Balaban J connectivity index is 2.50. The van der Waals surface area contributed by atoms with Crippen LogP contribution in [0.2, 0.25) is 0 Å². The molecule has 0 aliphatic heterocycles. The lowest BCUT2D eigenvalue weighted by molar-refractivity contribution is -0.151. The first-order valence-corrected chi connectivity index (χ1v) is 5.70. The van der Waals surface area contributed by atoms with Crippen LogP contribution in [-0.4, -0.2) is 10.5 Å². The molecule has 13 heavy (non-hydrogen) atoms. The average molecular weight is 249 g/mol. The summed E-state index contributed by atoms with van der Waals surface area (Å²) in [7, 11) is 0. The van der Waals surface area contributed by atoms with E-state index in [9.17, 15) is 4.79 Å². The second-order valence-electron chi connectivity index (χ2n) is 3.91. The SMILES string of the molecule is CC(=O)OC(C)(Br)C1CCCCC1. The Morgan fingerprint density at radius 1 is 1.38 bits per heavy atom. The molecular weight excluding hydrogens is 232 g/mol. The van der Waals surface area contributed by atoms with E-state index in [-0.39, 0.29) is 5.97 Å². The van der Waals surface area contributed by atoms with Crippen LogP contribution in [0.3, 0.4) is 0 Å². The summed E-state index contributed by atoms with van der Waals surface area (Å²) < 4.78 is 4.81. The molecule has 0 radical (unpaired) electrons. The highest BCUT2D eigenvalue weighted by Crippen LogP contribution is 2.38. The molecule has 0 heterocycles. The maximum atomic E-state index is 10.8.